The molecule has 1 aromatic carbocycles. The van der Waals surface area contributed by atoms with Crippen molar-refractivity contribution in [2.75, 3.05) is 13.8 Å². The molecule has 0 atom stereocenters. The Bertz CT molecular complexity index is 365. The molecule has 0 saturated carbocycles. The molecule has 0 fully saturated rings. The maximum atomic E-state index is 13.4. The van der Waals surface area contributed by atoms with Gasteiger partial charge in [-0.15, -0.1) is 0 Å². The Labute approximate surface area is 90.2 Å². The molecule has 6 heteroatoms. The van der Waals surface area contributed by atoms with Crippen molar-refractivity contribution in [1.29, 1.82) is 0 Å². The zero-order chi connectivity index (χ0) is 12.2. The molecule has 1 amide bonds. The number of nitrogens with one attached hydrogen (secondary N) is 1. The number of halogens is 3. The van der Waals surface area contributed by atoms with Crippen molar-refractivity contribution < 1.29 is 22.7 Å². The molecule has 0 heterocycles. The number of amides is 1. The van der Waals surface area contributed by atoms with Crippen LogP contribution in [0.3, 0.4) is 0 Å². The summed E-state index contributed by atoms with van der Waals surface area (Å²) in [6.45, 7) is -0.310. The highest BCUT2D eigenvalue weighted by molar-refractivity contribution is 5.84. The third-order valence-corrected chi connectivity index (χ3v) is 1.87. The van der Waals surface area contributed by atoms with Gasteiger partial charge in [0.1, 0.15) is 12.5 Å². The molecule has 0 aliphatic heterocycles. The van der Waals surface area contributed by atoms with E-state index < -0.39 is 23.2 Å². The van der Waals surface area contributed by atoms with Crippen LogP contribution >= 0.6 is 0 Å². The Morgan fingerprint density at radius 1 is 1.38 bits per heavy atom. The number of hydrogen-bond acceptors (Lipinski definition) is 2. The molecule has 0 spiro atoms. The van der Waals surface area contributed by atoms with Gasteiger partial charge in [-0.1, -0.05) is 0 Å². The van der Waals surface area contributed by atoms with Crippen molar-refractivity contribution in [2.24, 2.45) is 0 Å². The van der Waals surface area contributed by atoms with Gasteiger partial charge in [0.15, 0.2) is 0 Å². The van der Waals surface area contributed by atoms with Crippen LogP contribution in [0.5, 0.6) is 0 Å². The van der Waals surface area contributed by atoms with Crippen molar-refractivity contribution in [2.45, 2.75) is 5.92 Å². The predicted molar refractivity (Wildman–Crippen MR) is 50.3 cm³/mol. The van der Waals surface area contributed by atoms with Crippen LogP contribution in [0.4, 0.5) is 13.2 Å². The van der Waals surface area contributed by atoms with Gasteiger partial charge in [0.25, 0.3) is 5.91 Å². The lowest BCUT2D eigenvalue weighted by Gasteiger charge is -2.15. The van der Waals surface area contributed by atoms with Gasteiger partial charge >= 0.3 is 5.92 Å². The lowest BCUT2D eigenvalue weighted by atomic mass is 10.1. The molecule has 0 bridgehead atoms. The second kappa shape index (κ2) is 4.98. The second-order valence-corrected chi connectivity index (χ2v) is 3.02. The maximum absolute atomic E-state index is 13.4. The lowest BCUT2D eigenvalue weighted by molar-refractivity contribution is -0.148. The largest absolute Gasteiger partial charge is 0.364 e. The summed E-state index contributed by atoms with van der Waals surface area (Å²) in [5, 5.41) is 1.88. The zero-order valence-electron chi connectivity index (χ0n) is 8.47. The fourth-order valence-electron chi connectivity index (χ4n) is 1.04. The Morgan fingerprint density at radius 3 is 2.44 bits per heavy atom. The SMILES string of the molecule is COCNC(=O)C(F)(F)c1ccc(F)cc1. The van der Waals surface area contributed by atoms with Crippen LogP contribution < -0.4 is 5.32 Å². The van der Waals surface area contributed by atoms with Crippen molar-refractivity contribution in [3.63, 3.8) is 0 Å². The molecule has 0 aromatic heterocycles. The van der Waals surface area contributed by atoms with E-state index >= 15 is 0 Å². The van der Waals surface area contributed by atoms with Crippen LogP contribution in [0, 0.1) is 5.82 Å². The van der Waals surface area contributed by atoms with Crippen molar-refractivity contribution in [3.05, 3.63) is 35.6 Å². The molecular weight excluding hydrogens is 223 g/mol. The van der Waals surface area contributed by atoms with E-state index in [9.17, 15) is 18.0 Å². The van der Waals surface area contributed by atoms with E-state index in [-0.39, 0.29) is 6.73 Å². The van der Waals surface area contributed by atoms with Crippen molar-refractivity contribution in [3.8, 4) is 0 Å². The first-order chi connectivity index (χ1) is 7.48. The van der Waals surface area contributed by atoms with E-state index in [1.54, 1.807) is 0 Å². The lowest BCUT2D eigenvalue weighted by Crippen LogP contribution is -2.39. The first-order valence-electron chi connectivity index (χ1n) is 4.39. The number of rotatable bonds is 4. The smallest absolute Gasteiger partial charge is 0.349 e. The summed E-state index contributed by atoms with van der Waals surface area (Å²) in [5.41, 5.74) is -0.567. The van der Waals surface area contributed by atoms with Gasteiger partial charge < -0.3 is 10.1 Å². The normalized spacial score (nSPS) is 11.2. The fourth-order valence-corrected chi connectivity index (χ4v) is 1.04. The molecule has 88 valence electrons. The average Bonchev–Trinajstić information content (AvgIpc) is 2.26. The number of alkyl halides is 2. The number of ether oxygens (including phenoxy) is 1. The summed E-state index contributed by atoms with van der Waals surface area (Å²) < 4.78 is 43.8. The first kappa shape index (κ1) is 12.5. The molecular formula is C10H10F3NO2. The van der Waals surface area contributed by atoms with Gasteiger partial charge in [0.2, 0.25) is 0 Å². The Morgan fingerprint density at radius 2 is 1.94 bits per heavy atom. The third-order valence-electron chi connectivity index (χ3n) is 1.87. The molecule has 1 aromatic rings. The van der Waals surface area contributed by atoms with Crippen LogP contribution in [0.15, 0.2) is 24.3 Å². The van der Waals surface area contributed by atoms with Crippen LogP contribution in [-0.4, -0.2) is 19.7 Å². The van der Waals surface area contributed by atoms with Gasteiger partial charge in [-0.25, -0.2) is 4.39 Å². The summed E-state index contributed by atoms with van der Waals surface area (Å²) in [6, 6.07) is 3.46. The van der Waals surface area contributed by atoms with Crippen LogP contribution in [0.2, 0.25) is 0 Å². The molecule has 0 aliphatic rings. The topological polar surface area (TPSA) is 38.3 Å². The molecule has 16 heavy (non-hydrogen) atoms. The number of carbonyl (C=O) groups excluding carboxylic acids is 1. The van der Waals surface area contributed by atoms with Crippen LogP contribution in [0.25, 0.3) is 0 Å². The maximum Gasteiger partial charge on any atom is 0.349 e. The van der Waals surface area contributed by atoms with E-state index in [1.807, 2.05) is 5.32 Å². The number of methoxy groups -OCH3 is 1. The Hall–Kier alpha value is -1.56. The zero-order valence-corrected chi connectivity index (χ0v) is 8.47. The molecule has 1 rings (SSSR count). The van der Waals surface area contributed by atoms with Gasteiger partial charge in [0, 0.05) is 12.7 Å². The predicted octanol–water partition coefficient (Wildman–Crippen LogP) is 1.64. The second-order valence-electron chi connectivity index (χ2n) is 3.02. The fraction of sp³-hybridized carbons (Fsp3) is 0.300. The molecule has 0 unspecified atom stereocenters. The molecule has 3 nitrogen and oxygen atoms in total. The molecule has 0 saturated heterocycles. The van der Waals surface area contributed by atoms with Crippen molar-refractivity contribution >= 4 is 5.91 Å². The van der Waals surface area contributed by atoms with Gasteiger partial charge in [-0.05, 0) is 24.3 Å². The highest BCUT2D eigenvalue weighted by Crippen LogP contribution is 2.28. The number of hydrogen-bond donors (Lipinski definition) is 1. The van der Waals surface area contributed by atoms with Crippen LogP contribution in [-0.2, 0) is 15.5 Å². The van der Waals surface area contributed by atoms with Gasteiger partial charge in [-0.3, -0.25) is 4.79 Å². The van der Waals surface area contributed by atoms with E-state index in [4.69, 9.17) is 0 Å². The summed E-state index contributed by atoms with van der Waals surface area (Å²) >= 11 is 0. The molecule has 1 N–H and O–H groups in total. The minimum absolute atomic E-state index is 0.310. The quantitative estimate of drug-likeness (QED) is 0.803. The average molecular weight is 233 g/mol. The number of carbonyl (C=O) groups is 1. The highest BCUT2D eigenvalue weighted by Gasteiger charge is 2.40. The minimum Gasteiger partial charge on any atom is -0.364 e. The standard InChI is InChI=1S/C10H10F3NO2/c1-16-6-14-9(15)10(12,13)7-2-4-8(11)5-3-7/h2-5H,6H2,1H3,(H,14,15). The minimum atomic E-state index is -3.70. The molecule has 0 radical (unpaired) electrons. The summed E-state index contributed by atoms with van der Waals surface area (Å²) in [6.07, 6.45) is 0. The summed E-state index contributed by atoms with van der Waals surface area (Å²) in [7, 11) is 1.26. The Kier molecular flexibility index (Phi) is 3.89. The summed E-state index contributed by atoms with van der Waals surface area (Å²) in [5.74, 6) is -5.83. The van der Waals surface area contributed by atoms with E-state index in [0.29, 0.717) is 0 Å². The Balaban J connectivity index is 2.83. The van der Waals surface area contributed by atoms with Gasteiger partial charge in [0.05, 0.1) is 0 Å². The molecule has 0 aliphatic carbocycles. The van der Waals surface area contributed by atoms with Crippen molar-refractivity contribution in [1.82, 2.24) is 5.32 Å². The van der Waals surface area contributed by atoms with Gasteiger partial charge in [-0.2, -0.15) is 8.78 Å². The monoisotopic (exact) mass is 233 g/mol. The van der Waals surface area contributed by atoms with E-state index in [1.165, 1.54) is 7.11 Å². The summed E-state index contributed by atoms with van der Waals surface area (Å²) in [4.78, 5) is 11.1. The van der Waals surface area contributed by atoms with E-state index in [0.717, 1.165) is 24.3 Å². The third kappa shape index (κ3) is 2.73. The van der Waals surface area contributed by atoms with E-state index in [2.05, 4.69) is 4.74 Å². The highest BCUT2D eigenvalue weighted by atomic mass is 19.3. The first-order valence-corrected chi connectivity index (χ1v) is 4.39. The van der Waals surface area contributed by atoms with Crippen LogP contribution in [0.1, 0.15) is 5.56 Å². The number of benzene rings is 1.